The Morgan fingerprint density at radius 2 is 2.00 bits per heavy atom. The predicted octanol–water partition coefficient (Wildman–Crippen LogP) is 0.805. The molecule has 0 bridgehead atoms. The van der Waals surface area contributed by atoms with Crippen molar-refractivity contribution in [2.75, 3.05) is 40.0 Å². The van der Waals surface area contributed by atoms with Gasteiger partial charge < -0.3 is 4.74 Å². The van der Waals surface area contributed by atoms with Gasteiger partial charge in [0.1, 0.15) is 19.6 Å². The van der Waals surface area contributed by atoms with Crippen molar-refractivity contribution in [2.45, 2.75) is 13.3 Å². The fourth-order valence-corrected chi connectivity index (χ4v) is 1.58. The van der Waals surface area contributed by atoms with Gasteiger partial charge in [0.15, 0.2) is 0 Å². The van der Waals surface area contributed by atoms with Crippen LogP contribution in [0.25, 0.3) is 0 Å². The lowest BCUT2D eigenvalue weighted by Crippen LogP contribution is -2.54. The summed E-state index contributed by atoms with van der Waals surface area (Å²) in [6.07, 6.45) is 1.17. The highest BCUT2D eigenvalue weighted by Gasteiger charge is 2.30. The average Bonchev–Trinajstić information content (AvgIpc) is 2.07. The molecule has 0 unspecified atom stereocenters. The molecule has 0 saturated carbocycles. The van der Waals surface area contributed by atoms with Crippen molar-refractivity contribution < 1.29 is 14.2 Å². The van der Waals surface area contributed by atoms with Crippen LogP contribution in [0.3, 0.4) is 0 Å². The maximum absolute atomic E-state index is 5.48. The van der Waals surface area contributed by atoms with Gasteiger partial charge in [0, 0.05) is 0 Å². The Bertz CT molecular complexity index is 105. The molecule has 1 fully saturated rings. The lowest BCUT2D eigenvalue weighted by Gasteiger charge is -2.36. The van der Waals surface area contributed by atoms with Gasteiger partial charge in [0.05, 0.1) is 20.3 Å². The number of nitrogens with zero attached hydrogens (tertiary/aromatic N) is 1. The minimum Gasteiger partial charge on any atom is -0.370 e. The summed E-state index contributed by atoms with van der Waals surface area (Å²) in [5.41, 5.74) is 0. The van der Waals surface area contributed by atoms with E-state index in [1.807, 2.05) is 0 Å². The number of morpholine rings is 1. The Morgan fingerprint density at radius 1 is 1.36 bits per heavy atom. The van der Waals surface area contributed by atoms with E-state index in [-0.39, 0.29) is 0 Å². The maximum atomic E-state index is 5.48. The summed E-state index contributed by atoms with van der Waals surface area (Å²) in [6, 6.07) is 0. The molecule has 1 rings (SSSR count). The first-order chi connectivity index (χ1) is 5.33. The predicted molar refractivity (Wildman–Crippen MR) is 43.0 cm³/mol. The molecule has 66 valence electrons. The van der Waals surface area contributed by atoms with Crippen LogP contribution in [-0.2, 0) is 9.57 Å². The molecule has 0 amide bonds. The molecule has 0 radical (unpaired) electrons. The fraction of sp³-hybridized carbons (Fsp3) is 1.00. The second kappa shape index (κ2) is 4.04. The van der Waals surface area contributed by atoms with Gasteiger partial charge in [-0.3, -0.25) is 0 Å². The zero-order valence-corrected chi connectivity index (χ0v) is 7.51. The van der Waals surface area contributed by atoms with Crippen LogP contribution < -0.4 is 0 Å². The van der Waals surface area contributed by atoms with Gasteiger partial charge in [-0.15, -0.1) is 0 Å². The number of hydrogen-bond donors (Lipinski definition) is 0. The average molecular weight is 160 g/mol. The maximum Gasteiger partial charge on any atom is 0.132 e. The summed E-state index contributed by atoms with van der Waals surface area (Å²) in [4.78, 5) is 5.48. The van der Waals surface area contributed by atoms with E-state index in [1.165, 1.54) is 6.42 Å². The first kappa shape index (κ1) is 8.97. The number of hydroxylamine groups is 3. The van der Waals surface area contributed by atoms with Gasteiger partial charge in [-0.05, 0) is 6.42 Å². The quantitative estimate of drug-likeness (QED) is 0.569. The van der Waals surface area contributed by atoms with E-state index in [1.54, 1.807) is 7.11 Å². The molecule has 1 saturated heterocycles. The second-order valence-electron chi connectivity index (χ2n) is 3.02. The summed E-state index contributed by atoms with van der Waals surface area (Å²) in [6.45, 7) is 6.99. The van der Waals surface area contributed by atoms with Crippen molar-refractivity contribution in [1.29, 1.82) is 0 Å². The molecule has 11 heavy (non-hydrogen) atoms. The lowest BCUT2D eigenvalue weighted by atomic mass is 10.3. The molecule has 0 N–H and O–H groups in total. The highest BCUT2D eigenvalue weighted by atomic mass is 16.7. The third-order valence-corrected chi connectivity index (χ3v) is 2.30. The van der Waals surface area contributed by atoms with E-state index < -0.39 is 0 Å². The van der Waals surface area contributed by atoms with E-state index in [4.69, 9.17) is 9.57 Å². The molecular weight excluding hydrogens is 142 g/mol. The highest BCUT2D eigenvalue weighted by molar-refractivity contribution is 4.43. The highest BCUT2D eigenvalue weighted by Crippen LogP contribution is 2.11. The molecule has 1 heterocycles. The summed E-state index contributed by atoms with van der Waals surface area (Å²) in [7, 11) is 1.79. The van der Waals surface area contributed by atoms with Crippen molar-refractivity contribution in [3.05, 3.63) is 0 Å². The summed E-state index contributed by atoms with van der Waals surface area (Å²) in [5, 5.41) is 0. The van der Waals surface area contributed by atoms with Crippen LogP contribution in [-0.4, -0.2) is 44.6 Å². The number of quaternary nitrogens is 1. The topological polar surface area (TPSA) is 18.5 Å². The molecule has 0 aliphatic carbocycles. The third kappa shape index (κ3) is 2.15. The standard InChI is InChI=1S/C8H18NO2/c1-3-4-9(10-2)5-7-11-8-6-9/h3-8H2,1-2H3/q+1. The Balaban J connectivity index is 2.42. The first-order valence-corrected chi connectivity index (χ1v) is 4.32. The van der Waals surface area contributed by atoms with Crippen LogP contribution in [0.4, 0.5) is 0 Å². The van der Waals surface area contributed by atoms with E-state index >= 15 is 0 Å². The molecule has 1 aliphatic heterocycles. The van der Waals surface area contributed by atoms with Crippen molar-refractivity contribution in [2.24, 2.45) is 0 Å². The minimum absolute atomic E-state index is 0.788. The van der Waals surface area contributed by atoms with Crippen LogP contribution in [0.2, 0.25) is 0 Å². The Hall–Kier alpha value is -0.120. The fourth-order valence-electron chi connectivity index (χ4n) is 1.58. The minimum atomic E-state index is 0.788. The van der Waals surface area contributed by atoms with E-state index in [9.17, 15) is 0 Å². The number of hydrogen-bond acceptors (Lipinski definition) is 2. The summed E-state index contributed by atoms with van der Waals surface area (Å²) in [5.74, 6) is 0. The Morgan fingerprint density at radius 3 is 2.45 bits per heavy atom. The molecule has 0 aromatic rings. The van der Waals surface area contributed by atoms with Gasteiger partial charge in [-0.1, -0.05) is 6.92 Å². The third-order valence-electron chi connectivity index (χ3n) is 2.30. The van der Waals surface area contributed by atoms with Crippen molar-refractivity contribution in [3.63, 3.8) is 0 Å². The second-order valence-corrected chi connectivity index (χ2v) is 3.02. The number of rotatable bonds is 3. The van der Waals surface area contributed by atoms with Gasteiger partial charge in [0.2, 0.25) is 0 Å². The van der Waals surface area contributed by atoms with Gasteiger partial charge >= 0.3 is 0 Å². The number of ether oxygens (including phenoxy) is 1. The SMILES string of the molecule is CCC[N+]1(OC)CCOCC1. The van der Waals surface area contributed by atoms with Crippen molar-refractivity contribution in [3.8, 4) is 0 Å². The molecule has 0 spiro atoms. The van der Waals surface area contributed by atoms with Crippen LogP contribution in [0.1, 0.15) is 13.3 Å². The molecule has 0 aromatic carbocycles. The van der Waals surface area contributed by atoms with E-state index in [0.29, 0.717) is 0 Å². The zero-order chi connectivity index (χ0) is 8.16. The van der Waals surface area contributed by atoms with Crippen molar-refractivity contribution in [1.82, 2.24) is 0 Å². The molecule has 3 heteroatoms. The van der Waals surface area contributed by atoms with Crippen LogP contribution in [0, 0.1) is 0 Å². The Labute approximate surface area is 68.4 Å². The van der Waals surface area contributed by atoms with Crippen LogP contribution >= 0.6 is 0 Å². The van der Waals surface area contributed by atoms with Crippen LogP contribution in [0.5, 0.6) is 0 Å². The van der Waals surface area contributed by atoms with E-state index in [0.717, 1.165) is 37.5 Å². The van der Waals surface area contributed by atoms with Gasteiger partial charge in [-0.25, -0.2) is 4.84 Å². The molecule has 3 nitrogen and oxygen atoms in total. The monoisotopic (exact) mass is 160 g/mol. The normalized spacial score (nSPS) is 23.5. The van der Waals surface area contributed by atoms with E-state index in [2.05, 4.69) is 6.92 Å². The van der Waals surface area contributed by atoms with Gasteiger partial charge in [0.25, 0.3) is 0 Å². The molecule has 0 aromatic heterocycles. The van der Waals surface area contributed by atoms with Crippen molar-refractivity contribution >= 4 is 0 Å². The summed E-state index contributed by atoms with van der Waals surface area (Å²) >= 11 is 0. The van der Waals surface area contributed by atoms with Gasteiger partial charge in [-0.2, -0.15) is 4.65 Å². The molecular formula is C8H18NO2+. The first-order valence-electron chi connectivity index (χ1n) is 4.32. The lowest BCUT2D eigenvalue weighted by molar-refractivity contribution is -1.11. The Kier molecular flexibility index (Phi) is 3.30. The molecule has 1 aliphatic rings. The smallest absolute Gasteiger partial charge is 0.132 e. The molecule has 0 atom stereocenters. The largest absolute Gasteiger partial charge is 0.370 e. The van der Waals surface area contributed by atoms with Crippen LogP contribution in [0.15, 0.2) is 0 Å². The zero-order valence-electron chi connectivity index (χ0n) is 7.51. The summed E-state index contributed by atoms with van der Waals surface area (Å²) < 4.78 is 6.07.